The molecule has 0 unspecified atom stereocenters. The van der Waals surface area contributed by atoms with Crippen LogP contribution in [-0.2, 0) is 0 Å². The molecule has 28 heavy (non-hydrogen) atoms. The summed E-state index contributed by atoms with van der Waals surface area (Å²) < 4.78 is 3.44. The molecule has 0 aliphatic carbocycles. The number of pyridine rings is 1. The summed E-state index contributed by atoms with van der Waals surface area (Å²) in [6, 6.07) is 12.6. The first-order valence-corrected chi connectivity index (χ1v) is 10.1. The van der Waals surface area contributed by atoms with Gasteiger partial charge in [-0.25, -0.2) is 4.68 Å². The molecule has 1 aromatic carbocycles. The van der Waals surface area contributed by atoms with Crippen molar-refractivity contribution in [2.75, 3.05) is 12.0 Å². The van der Waals surface area contributed by atoms with Gasteiger partial charge in [0.25, 0.3) is 5.91 Å². The summed E-state index contributed by atoms with van der Waals surface area (Å²) in [5.74, 6) is 1.45. The summed E-state index contributed by atoms with van der Waals surface area (Å²) in [5, 5.41) is 22.7. The van der Waals surface area contributed by atoms with E-state index < -0.39 is 0 Å². The van der Waals surface area contributed by atoms with Gasteiger partial charge in [0.1, 0.15) is 6.33 Å². The van der Waals surface area contributed by atoms with Crippen LogP contribution in [0.25, 0.3) is 11.3 Å². The molecule has 0 aliphatic rings. The van der Waals surface area contributed by atoms with Gasteiger partial charge in [-0.05, 0) is 65.3 Å². The predicted octanol–water partition coefficient (Wildman–Crippen LogP) is 1.93. The third-order valence-electron chi connectivity index (χ3n) is 4.31. The van der Waals surface area contributed by atoms with Crippen LogP contribution in [0, 0.1) is 0 Å². The number of nitrogens with one attached hydrogen (secondary N) is 1. The molecule has 0 saturated heterocycles. The number of hydrogen-bond donors (Lipinski definition) is 1. The Balaban J connectivity index is 1.55. The lowest BCUT2D eigenvalue weighted by Gasteiger charge is -2.17. The third kappa shape index (κ3) is 3.72. The molecule has 1 N–H and O–H groups in total. The first-order valence-electron chi connectivity index (χ1n) is 8.69. The number of carbonyl (C=O) groups excluding carboxylic acids is 1. The summed E-state index contributed by atoms with van der Waals surface area (Å²) in [6.07, 6.45) is 6.21. The number of benzene rings is 1. The van der Waals surface area contributed by atoms with Crippen LogP contribution in [0.3, 0.4) is 0 Å². The van der Waals surface area contributed by atoms with E-state index in [1.807, 2.05) is 35.1 Å². The van der Waals surface area contributed by atoms with E-state index in [-0.39, 0.29) is 11.9 Å². The van der Waals surface area contributed by atoms with Gasteiger partial charge in [-0.2, -0.15) is 11.8 Å². The Morgan fingerprint density at radius 2 is 2.04 bits per heavy atom. The molecule has 0 radical (unpaired) electrons. The summed E-state index contributed by atoms with van der Waals surface area (Å²) >= 11 is 1.73. The third-order valence-corrected chi connectivity index (χ3v) is 4.95. The van der Waals surface area contributed by atoms with Crippen molar-refractivity contribution < 1.29 is 4.79 Å². The van der Waals surface area contributed by atoms with Crippen molar-refractivity contribution in [1.82, 2.24) is 40.1 Å². The maximum atomic E-state index is 12.8. The SMILES string of the molecule is CSCC[C@@H](NC(=O)c1ccc(-n2cnnn2)cc1)c1nnc2ccccn12. The summed E-state index contributed by atoms with van der Waals surface area (Å²) in [4.78, 5) is 12.8. The highest BCUT2D eigenvalue weighted by Gasteiger charge is 2.21. The molecule has 142 valence electrons. The standard InChI is InChI=1S/C18H18N8OS/c1-28-11-9-15(17-22-21-16-4-2-3-10-25(16)17)20-18(27)13-5-7-14(8-6-13)26-12-19-23-24-26/h2-8,10,12,15H,9,11H2,1H3,(H,20,27)/t15-/m1/s1. The van der Waals surface area contributed by atoms with Crippen LogP contribution in [0.1, 0.15) is 28.6 Å². The van der Waals surface area contributed by atoms with Crippen molar-refractivity contribution in [1.29, 1.82) is 0 Å². The normalized spacial score (nSPS) is 12.2. The number of amides is 1. The van der Waals surface area contributed by atoms with Crippen molar-refractivity contribution >= 4 is 23.3 Å². The summed E-state index contributed by atoms with van der Waals surface area (Å²) in [5.41, 5.74) is 2.09. The molecular formula is C18H18N8OS. The van der Waals surface area contributed by atoms with Gasteiger partial charge >= 0.3 is 0 Å². The van der Waals surface area contributed by atoms with E-state index in [4.69, 9.17) is 0 Å². The molecule has 0 bridgehead atoms. The molecule has 1 atom stereocenters. The zero-order chi connectivity index (χ0) is 19.3. The smallest absolute Gasteiger partial charge is 0.251 e. The van der Waals surface area contributed by atoms with Crippen LogP contribution in [-0.4, -0.2) is 52.7 Å². The second-order valence-electron chi connectivity index (χ2n) is 6.10. The van der Waals surface area contributed by atoms with E-state index in [9.17, 15) is 4.79 Å². The molecule has 10 heteroatoms. The summed E-state index contributed by atoms with van der Waals surface area (Å²) in [7, 11) is 0. The fourth-order valence-electron chi connectivity index (χ4n) is 2.89. The molecule has 4 rings (SSSR count). The van der Waals surface area contributed by atoms with Crippen molar-refractivity contribution in [3.8, 4) is 5.69 Å². The molecule has 3 heterocycles. The molecule has 0 aliphatic heterocycles. The lowest BCUT2D eigenvalue weighted by molar-refractivity contribution is 0.0934. The fraction of sp³-hybridized carbons (Fsp3) is 0.222. The van der Waals surface area contributed by atoms with Crippen LogP contribution in [0.2, 0.25) is 0 Å². The molecule has 0 spiro atoms. The highest BCUT2D eigenvalue weighted by atomic mass is 32.2. The number of rotatable bonds is 7. The van der Waals surface area contributed by atoms with E-state index in [1.54, 1.807) is 36.0 Å². The Hall–Kier alpha value is -3.27. The maximum Gasteiger partial charge on any atom is 0.251 e. The average molecular weight is 394 g/mol. The van der Waals surface area contributed by atoms with Crippen LogP contribution >= 0.6 is 11.8 Å². The molecular weight excluding hydrogens is 376 g/mol. The van der Waals surface area contributed by atoms with Crippen molar-refractivity contribution in [3.05, 3.63) is 66.4 Å². The van der Waals surface area contributed by atoms with Gasteiger partial charge in [0.05, 0.1) is 11.7 Å². The number of carbonyl (C=O) groups is 1. The Morgan fingerprint density at radius 3 is 2.79 bits per heavy atom. The fourth-order valence-corrected chi connectivity index (χ4v) is 3.36. The molecule has 0 fully saturated rings. The van der Waals surface area contributed by atoms with Crippen LogP contribution in [0.4, 0.5) is 0 Å². The van der Waals surface area contributed by atoms with Gasteiger partial charge in [-0.15, -0.1) is 15.3 Å². The minimum atomic E-state index is -0.239. The average Bonchev–Trinajstić information content (AvgIpc) is 3.41. The van der Waals surface area contributed by atoms with Crippen molar-refractivity contribution in [2.24, 2.45) is 0 Å². The second kappa shape index (κ2) is 8.17. The molecule has 0 saturated carbocycles. The molecule has 4 aromatic rings. The molecule has 9 nitrogen and oxygen atoms in total. The van der Waals surface area contributed by atoms with E-state index in [0.29, 0.717) is 5.56 Å². The van der Waals surface area contributed by atoms with Crippen molar-refractivity contribution in [2.45, 2.75) is 12.5 Å². The maximum absolute atomic E-state index is 12.8. The number of nitrogens with zero attached hydrogens (tertiary/aromatic N) is 7. The van der Waals surface area contributed by atoms with Gasteiger partial charge < -0.3 is 5.32 Å². The first kappa shape index (κ1) is 18.1. The topological polar surface area (TPSA) is 103 Å². The minimum Gasteiger partial charge on any atom is -0.342 e. The van der Waals surface area contributed by atoms with E-state index in [1.165, 1.54) is 11.0 Å². The van der Waals surface area contributed by atoms with Crippen LogP contribution < -0.4 is 5.32 Å². The molecule has 1 amide bonds. The molecule has 3 aromatic heterocycles. The van der Waals surface area contributed by atoms with Crippen LogP contribution in [0.5, 0.6) is 0 Å². The largest absolute Gasteiger partial charge is 0.342 e. The van der Waals surface area contributed by atoms with E-state index in [2.05, 4.69) is 31.0 Å². The summed E-state index contributed by atoms with van der Waals surface area (Å²) in [6.45, 7) is 0. The first-order chi connectivity index (χ1) is 13.8. The van der Waals surface area contributed by atoms with E-state index >= 15 is 0 Å². The monoisotopic (exact) mass is 394 g/mol. The lowest BCUT2D eigenvalue weighted by Crippen LogP contribution is -2.30. The van der Waals surface area contributed by atoms with Crippen LogP contribution in [0.15, 0.2) is 55.0 Å². The number of aromatic nitrogens is 7. The lowest BCUT2D eigenvalue weighted by atomic mass is 10.1. The van der Waals surface area contributed by atoms with Gasteiger partial charge in [-0.3, -0.25) is 9.20 Å². The highest BCUT2D eigenvalue weighted by molar-refractivity contribution is 7.98. The zero-order valence-corrected chi connectivity index (χ0v) is 16.0. The van der Waals surface area contributed by atoms with Gasteiger partial charge in [0, 0.05) is 11.8 Å². The Kier molecular flexibility index (Phi) is 5.29. The Morgan fingerprint density at radius 1 is 1.18 bits per heavy atom. The highest BCUT2D eigenvalue weighted by Crippen LogP contribution is 2.19. The minimum absolute atomic E-state index is 0.165. The van der Waals surface area contributed by atoms with Gasteiger partial charge in [-0.1, -0.05) is 6.07 Å². The quantitative estimate of drug-likeness (QED) is 0.511. The zero-order valence-electron chi connectivity index (χ0n) is 15.1. The van der Waals surface area contributed by atoms with Gasteiger partial charge in [0.2, 0.25) is 0 Å². The number of fused-ring (bicyclic) bond motifs is 1. The number of tetrazole rings is 1. The second-order valence-corrected chi connectivity index (χ2v) is 7.08. The number of hydrogen-bond acceptors (Lipinski definition) is 7. The van der Waals surface area contributed by atoms with Crippen molar-refractivity contribution in [3.63, 3.8) is 0 Å². The van der Waals surface area contributed by atoms with E-state index in [0.717, 1.165) is 29.3 Å². The Bertz CT molecular complexity index is 1060. The van der Waals surface area contributed by atoms with Gasteiger partial charge in [0.15, 0.2) is 11.5 Å². The predicted molar refractivity (Wildman–Crippen MR) is 105 cm³/mol. The Labute approximate surface area is 165 Å². The number of thioether (sulfide) groups is 1.